The first kappa shape index (κ1) is 20.0. The maximum atomic E-state index is 13.4. The number of hydrogen-bond donors (Lipinski definition) is 2. The van der Waals surface area contributed by atoms with E-state index in [4.69, 9.17) is 10.8 Å². The summed E-state index contributed by atoms with van der Waals surface area (Å²) >= 11 is 0. The number of likely N-dealkylation sites (tertiary alicyclic amines) is 1. The Balaban J connectivity index is 1.65. The van der Waals surface area contributed by atoms with E-state index in [1.807, 2.05) is 0 Å². The summed E-state index contributed by atoms with van der Waals surface area (Å²) in [5, 5.41) is 8.90. The Morgan fingerprint density at radius 3 is 2.57 bits per heavy atom. The zero-order valence-electron chi connectivity index (χ0n) is 16.4. The van der Waals surface area contributed by atoms with Gasteiger partial charge >= 0.3 is 5.97 Å². The standard InChI is InChI=1S/C21H23FN6O2/c22-15-3-1-14(2-4-15)19-20(17-5-9-24-21(23)26-17)28(13-25-19)16-6-10-27(11-7-16)12-8-18(29)30/h1-5,9,13,16H,6-8,10-12H2,(H,29,30)(H2,23,24,26). The predicted molar refractivity (Wildman–Crippen MR) is 110 cm³/mol. The van der Waals surface area contributed by atoms with Gasteiger partial charge in [0.2, 0.25) is 5.95 Å². The molecule has 1 saturated heterocycles. The zero-order valence-corrected chi connectivity index (χ0v) is 16.4. The minimum absolute atomic E-state index is 0.149. The van der Waals surface area contributed by atoms with Gasteiger partial charge in [-0.15, -0.1) is 0 Å². The Bertz CT molecular complexity index is 1030. The van der Waals surface area contributed by atoms with Crippen molar-refractivity contribution < 1.29 is 14.3 Å². The SMILES string of the molecule is Nc1nccc(-c2c(-c3ccc(F)cc3)ncn2C2CCN(CCC(=O)O)CC2)n1. The van der Waals surface area contributed by atoms with Gasteiger partial charge in [-0.25, -0.2) is 19.3 Å². The summed E-state index contributed by atoms with van der Waals surface area (Å²) in [4.78, 5) is 26.0. The predicted octanol–water partition coefficient (Wildman–Crippen LogP) is 2.84. The lowest BCUT2D eigenvalue weighted by molar-refractivity contribution is -0.137. The number of nitrogens with zero attached hydrogens (tertiary/aromatic N) is 5. The van der Waals surface area contributed by atoms with Crippen molar-refractivity contribution in [2.75, 3.05) is 25.4 Å². The summed E-state index contributed by atoms with van der Waals surface area (Å²) in [5.41, 5.74) is 8.80. The first-order chi connectivity index (χ1) is 14.5. The number of piperidine rings is 1. The third-order valence-electron chi connectivity index (χ3n) is 5.42. The van der Waals surface area contributed by atoms with E-state index in [0.717, 1.165) is 37.2 Å². The van der Waals surface area contributed by atoms with E-state index in [-0.39, 0.29) is 24.2 Å². The van der Waals surface area contributed by atoms with E-state index < -0.39 is 5.97 Å². The van der Waals surface area contributed by atoms with Gasteiger partial charge < -0.3 is 20.3 Å². The van der Waals surface area contributed by atoms with Gasteiger partial charge in [-0.3, -0.25) is 4.79 Å². The number of benzene rings is 1. The molecule has 1 aliphatic heterocycles. The Morgan fingerprint density at radius 1 is 1.17 bits per heavy atom. The summed E-state index contributed by atoms with van der Waals surface area (Å²) in [7, 11) is 0. The maximum Gasteiger partial charge on any atom is 0.304 e. The van der Waals surface area contributed by atoms with Crippen LogP contribution in [0.5, 0.6) is 0 Å². The molecule has 3 N–H and O–H groups in total. The number of aliphatic carboxylic acids is 1. The van der Waals surface area contributed by atoms with Gasteiger partial charge in [-0.1, -0.05) is 0 Å². The van der Waals surface area contributed by atoms with Gasteiger partial charge in [-0.05, 0) is 43.2 Å². The molecule has 8 nitrogen and oxygen atoms in total. The van der Waals surface area contributed by atoms with E-state index in [0.29, 0.717) is 17.9 Å². The number of anilines is 1. The second kappa shape index (κ2) is 8.58. The van der Waals surface area contributed by atoms with Crippen molar-refractivity contribution in [1.29, 1.82) is 0 Å². The van der Waals surface area contributed by atoms with Crippen LogP contribution in [0.15, 0.2) is 42.9 Å². The third-order valence-corrected chi connectivity index (χ3v) is 5.42. The number of nitrogens with two attached hydrogens (primary N) is 1. The number of hydrogen-bond acceptors (Lipinski definition) is 6. The van der Waals surface area contributed by atoms with Crippen LogP contribution >= 0.6 is 0 Å². The molecule has 2 aromatic heterocycles. The van der Waals surface area contributed by atoms with Crippen LogP contribution in [0.1, 0.15) is 25.3 Å². The molecule has 30 heavy (non-hydrogen) atoms. The smallest absolute Gasteiger partial charge is 0.304 e. The average Bonchev–Trinajstić information content (AvgIpc) is 3.18. The van der Waals surface area contributed by atoms with E-state index in [2.05, 4.69) is 24.4 Å². The number of rotatable bonds is 6. The van der Waals surface area contributed by atoms with Crippen LogP contribution < -0.4 is 5.73 Å². The summed E-state index contributed by atoms with van der Waals surface area (Å²) in [6, 6.07) is 8.20. The van der Waals surface area contributed by atoms with Crippen molar-refractivity contribution in [2.24, 2.45) is 0 Å². The zero-order chi connectivity index (χ0) is 21.1. The fourth-order valence-electron chi connectivity index (χ4n) is 3.89. The highest BCUT2D eigenvalue weighted by molar-refractivity contribution is 5.77. The highest BCUT2D eigenvalue weighted by Gasteiger charge is 2.26. The molecule has 0 aliphatic carbocycles. The Hall–Kier alpha value is -3.33. The number of carbonyl (C=O) groups is 1. The fourth-order valence-corrected chi connectivity index (χ4v) is 3.89. The van der Waals surface area contributed by atoms with Crippen LogP contribution in [0, 0.1) is 5.82 Å². The second-order valence-corrected chi connectivity index (χ2v) is 7.37. The Morgan fingerprint density at radius 2 is 1.90 bits per heavy atom. The van der Waals surface area contributed by atoms with E-state index in [1.54, 1.807) is 30.7 Å². The van der Waals surface area contributed by atoms with E-state index in [1.165, 1.54) is 12.1 Å². The summed E-state index contributed by atoms with van der Waals surface area (Å²) in [6.07, 6.45) is 5.29. The molecule has 1 aromatic carbocycles. The van der Waals surface area contributed by atoms with Gasteiger partial charge in [0, 0.05) is 37.4 Å². The van der Waals surface area contributed by atoms with Gasteiger partial charge in [0.25, 0.3) is 0 Å². The minimum Gasteiger partial charge on any atom is -0.481 e. The van der Waals surface area contributed by atoms with Crippen molar-refractivity contribution in [3.63, 3.8) is 0 Å². The van der Waals surface area contributed by atoms with Crippen molar-refractivity contribution in [1.82, 2.24) is 24.4 Å². The Kier molecular flexibility index (Phi) is 5.71. The molecule has 0 radical (unpaired) electrons. The van der Waals surface area contributed by atoms with E-state index in [9.17, 15) is 9.18 Å². The third kappa shape index (κ3) is 4.30. The number of aromatic nitrogens is 4. The van der Waals surface area contributed by atoms with Gasteiger partial charge in [0.1, 0.15) is 5.82 Å². The molecule has 1 fully saturated rings. The molecule has 0 atom stereocenters. The molecular weight excluding hydrogens is 387 g/mol. The molecule has 0 bridgehead atoms. The van der Waals surface area contributed by atoms with Crippen LogP contribution in [0.4, 0.5) is 10.3 Å². The first-order valence-corrected chi connectivity index (χ1v) is 9.87. The van der Waals surface area contributed by atoms with Crippen molar-refractivity contribution in [3.8, 4) is 22.6 Å². The molecule has 1 aliphatic rings. The van der Waals surface area contributed by atoms with Gasteiger partial charge in [0.15, 0.2) is 0 Å². The van der Waals surface area contributed by atoms with Crippen molar-refractivity contribution in [2.45, 2.75) is 25.3 Å². The number of nitrogen functional groups attached to an aromatic ring is 1. The molecule has 4 rings (SSSR count). The fraction of sp³-hybridized carbons (Fsp3) is 0.333. The summed E-state index contributed by atoms with van der Waals surface area (Å²) in [6.45, 7) is 2.18. The lowest BCUT2D eigenvalue weighted by Crippen LogP contribution is -2.36. The number of carboxylic acids is 1. The number of carboxylic acid groups (broad SMARTS) is 1. The van der Waals surface area contributed by atoms with Crippen LogP contribution in [0.25, 0.3) is 22.6 Å². The molecule has 156 valence electrons. The number of imidazole rings is 1. The quantitative estimate of drug-likeness (QED) is 0.643. The minimum atomic E-state index is -0.778. The van der Waals surface area contributed by atoms with Gasteiger partial charge in [-0.2, -0.15) is 0 Å². The number of halogens is 1. The van der Waals surface area contributed by atoms with Crippen LogP contribution in [-0.4, -0.2) is 55.1 Å². The molecule has 0 unspecified atom stereocenters. The molecular formula is C21H23FN6O2. The lowest BCUT2D eigenvalue weighted by atomic mass is 10.0. The van der Waals surface area contributed by atoms with Crippen LogP contribution in [0.3, 0.4) is 0 Å². The maximum absolute atomic E-state index is 13.4. The highest BCUT2D eigenvalue weighted by atomic mass is 19.1. The second-order valence-electron chi connectivity index (χ2n) is 7.37. The molecule has 0 saturated carbocycles. The van der Waals surface area contributed by atoms with Gasteiger partial charge in [0.05, 0.1) is 29.8 Å². The summed E-state index contributed by atoms with van der Waals surface area (Å²) in [5.74, 6) is -0.909. The van der Waals surface area contributed by atoms with Crippen LogP contribution in [0.2, 0.25) is 0 Å². The monoisotopic (exact) mass is 410 g/mol. The highest BCUT2D eigenvalue weighted by Crippen LogP contribution is 2.35. The summed E-state index contributed by atoms with van der Waals surface area (Å²) < 4.78 is 15.5. The van der Waals surface area contributed by atoms with Crippen molar-refractivity contribution in [3.05, 3.63) is 48.7 Å². The lowest BCUT2D eigenvalue weighted by Gasteiger charge is -2.33. The normalized spacial score (nSPS) is 15.4. The molecule has 3 heterocycles. The topological polar surface area (TPSA) is 110 Å². The average molecular weight is 410 g/mol. The largest absolute Gasteiger partial charge is 0.481 e. The Labute approximate surface area is 173 Å². The van der Waals surface area contributed by atoms with Crippen LogP contribution in [-0.2, 0) is 4.79 Å². The van der Waals surface area contributed by atoms with Crippen molar-refractivity contribution >= 4 is 11.9 Å². The first-order valence-electron chi connectivity index (χ1n) is 9.87. The molecule has 9 heteroatoms. The molecule has 3 aromatic rings. The molecule has 0 amide bonds. The van der Waals surface area contributed by atoms with E-state index >= 15 is 0 Å². The molecule has 0 spiro atoms.